The zero-order chi connectivity index (χ0) is 29.8. The summed E-state index contributed by atoms with van der Waals surface area (Å²) in [4.78, 5) is 33.5. The molecule has 5 nitrogen and oxygen atoms in total. The van der Waals surface area contributed by atoms with Crippen LogP contribution >= 0.6 is 23.5 Å². The van der Waals surface area contributed by atoms with Crippen molar-refractivity contribution in [2.75, 3.05) is 12.4 Å². The molecule has 0 radical (unpaired) electrons. The Morgan fingerprint density at radius 2 is 1.46 bits per heavy atom. The smallest absolute Gasteiger partial charge is 0.286 e. The normalized spacial score (nSPS) is 18.0. The van der Waals surface area contributed by atoms with E-state index in [1.54, 1.807) is 6.92 Å². The van der Waals surface area contributed by atoms with Crippen molar-refractivity contribution in [1.29, 1.82) is 0 Å². The maximum Gasteiger partial charge on any atom is 0.286 e. The number of benzene rings is 1. The molecule has 41 heavy (non-hydrogen) atoms. The van der Waals surface area contributed by atoms with Gasteiger partial charge in [0.15, 0.2) is 5.12 Å². The first kappa shape index (κ1) is 35.7. The average molecular weight is 606 g/mol. The van der Waals surface area contributed by atoms with Gasteiger partial charge in [-0.25, -0.2) is 0 Å². The Morgan fingerprint density at radius 1 is 0.902 bits per heavy atom. The summed E-state index contributed by atoms with van der Waals surface area (Å²) in [6, 6.07) is 7.88. The molecule has 1 saturated carbocycles. The molecule has 2 aliphatic rings. The Balaban J connectivity index is 0.000000298. The Morgan fingerprint density at radius 3 is 1.98 bits per heavy atom. The van der Waals surface area contributed by atoms with Crippen LogP contribution in [0.2, 0.25) is 0 Å². The highest BCUT2D eigenvalue weighted by atomic mass is 32.2. The topological polar surface area (TPSA) is 72.5 Å². The van der Waals surface area contributed by atoms with E-state index in [4.69, 9.17) is 4.74 Å². The molecule has 0 aromatic heterocycles. The number of amides is 2. The van der Waals surface area contributed by atoms with Crippen LogP contribution in [0, 0.1) is 5.41 Å². The van der Waals surface area contributed by atoms with E-state index in [1.165, 1.54) is 121 Å². The summed E-state index contributed by atoms with van der Waals surface area (Å²) in [5.41, 5.74) is 1.35. The molecular weight excluding hydrogens is 551 g/mol. The second-order valence-corrected chi connectivity index (χ2v) is 14.6. The third-order valence-electron chi connectivity index (χ3n) is 8.06. The van der Waals surface area contributed by atoms with E-state index in [1.807, 2.05) is 24.3 Å². The number of hydrogen-bond donors (Lipinski definition) is 1. The number of ether oxygens (including phenoxy) is 1. The van der Waals surface area contributed by atoms with Crippen molar-refractivity contribution in [1.82, 2.24) is 5.32 Å². The number of nitrogens with one attached hydrogen (secondary N) is 1. The number of unbranched alkanes of at least 4 members (excludes halogenated alkanes) is 11. The van der Waals surface area contributed by atoms with Gasteiger partial charge in [-0.05, 0) is 43.4 Å². The number of hydrogen-bond acceptors (Lipinski definition) is 6. The van der Waals surface area contributed by atoms with Gasteiger partial charge in [0.2, 0.25) is 5.91 Å². The molecule has 1 saturated heterocycles. The summed E-state index contributed by atoms with van der Waals surface area (Å²) in [6.07, 6.45) is 23.6. The molecule has 1 N–H and O–H groups in total. The van der Waals surface area contributed by atoms with Crippen LogP contribution in [0.25, 0.3) is 0 Å². The van der Waals surface area contributed by atoms with Gasteiger partial charge in [0, 0.05) is 18.1 Å². The minimum Gasteiger partial charge on any atom is -0.493 e. The van der Waals surface area contributed by atoms with Gasteiger partial charge in [-0.2, -0.15) is 0 Å². The van der Waals surface area contributed by atoms with Crippen molar-refractivity contribution in [3.8, 4) is 5.75 Å². The molecule has 3 rings (SSSR count). The zero-order valence-electron chi connectivity index (χ0n) is 26.0. The Labute approximate surface area is 258 Å². The molecule has 2 fully saturated rings. The van der Waals surface area contributed by atoms with Gasteiger partial charge in [-0.1, -0.05) is 139 Å². The second-order valence-electron chi connectivity index (χ2n) is 12.1. The third-order valence-corrected chi connectivity index (χ3v) is 9.94. The van der Waals surface area contributed by atoms with E-state index >= 15 is 0 Å². The van der Waals surface area contributed by atoms with Crippen molar-refractivity contribution in [2.45, 2.75) is 142 Å². The Kier molecular flexibility index (Phi) is 18.5. The highest BCUT2D eigenvalue weighted by Crippen LogP contribution is 2.36. The quantitative estimate of drug-likeness (QED) is 0.168. The fourth-order valence-electron chi connectivity index (χ4n) is 5.43. The van der Waals surface area contributed by atoms with Crippen molar-refractivity contribution in [3.63, 3.8) is 0 Å². The lowest BCUT2D eigenvalue weighted by molar-refractivity contribution is -0.119. The van der Waals surface area contributed by atoms with E-state index in [2.05, 4.69) is 19.2 Å². The van der Waals surface area contributed by atoms with Crippen LogP contribution in [-0.4, -0.2) is 33.9 Å². The number of imide groups is 1. The van der Waals surface area contributed by atoms with Gasteiger partial charge in [0.1, 0.15) is 5.75 Å². The monoisotopic (exact) mass is 605 g/mol. The molecule has 1 aliphatic heterocycles. The molecule has 1 aliphatic carbocycles. The Hall–Kier alpha value is -1.47. The summed E-state index contributed by atoms with van der Waals surface area (Å²) >= 11 is 2.54. The van der Waals surface area contributed by atoms with E-state index < -0.39 is 0 Å². The first-order valence-corrected chi connectivity index (χ1v) is 18.0. The summed E-state index contributed by atoms with van der Waals surface area (Å²) in [6.45, 7) is 7.01. The SMILES string of the molecule is CC1(COc2ccc(CC3SC(=O)NC3=O)cc2)CCCCC1.CCCCCCCCCCCCCCSC(C)=O. The number of rotatable bonds is 18. The lowest BCUT2D eigenvalue weighted by atomic mass is 9.76. The van der Waals surface area contributed by atoms with E-state index in [9.17, 15) is 14.4 Å². The predicted octanol–water partition coefficient (Wildman–Crippen LogP) is 9.90. The van der Waals surface area contributed by atoms with Crippen molar-refractivity contribution in [3.05, 3.63) is 29.8 Å². The molecule has 1 unspecified atom stereocenters. The molecule has 0 spiro atoms. The first-order valence-electron chi connectivity index (χ1n) is 16.2. The van der Waals surface area contributed by atoms with Gasteiger partial charge < -0.3 is 4.74 Å². The summed E-state index contributed by atoms with van der Waals surface area (Å²) < 4.78 is 5.97. The number of thioether (sulfide) groups is 2. The Bertz CT molecular complexity index is 883. The summed E-state index contributed by atoms with van der Waals surface area (Å²) in [5.74, 6) is 1.71. The molecule has 0 bridgehead atoms. The van der Waals surface area contributed by atoms with Gasteiger partial charge in [-0.3, -0.25) is 19.7 Å². The van der Waals surface area contributed by atoms with E-state index in [0.717, 1.165) is 35.4 Å². The zero-order valence-corrected chi connectivity index (χ0v) is 27.6. The van der Waals surface area contributed by atoms with Gasteiger partial charge in [0.05, 0.1) is 11.9 Å². The molecule has 1 aromatic carbocycles. The lowest BCUT2D eigenvalue weighted by Crippen LogP contribution is -2.27. The van der Waals surface area contributed by atoms with Crippen molar-refractivity contribution < 1.29 is 19.1 Å². The minimum absolute atomic E-state index is 0.189. The molecule has 7 heteroatoms. The highest BCUT2D eigenvalue weighted by Gasteiger charge is 2.31. The fraction of sp³-hybridized carbons (Fsp3) is 0.735. The highest BCUT2D eigenvalue weighted by molar-refractivity contribution is 8.15. The number of carbonyl (C=O) groups is 3. The molecule has 1 atom stereocenters. The molecular formula is C34H55NO4S2. The predicted molar refractivity (Wildman–Crippen MR) is 176 cm³/mol. The summed E-state index contributed by atoms with van der Waals surface area (Å²) in [5, 5.41) is 2.02. The van der Waals surface area contributed by atoms with Crippen LogP contribution in [0.3, 0.4) is 0 Å². The average Bonchev–Trinajstić information content (AvgIpc) is 3.27. The number of carbonyl (C=O) groups excluding carboxylic acids is 3. The molecule has 1 heterocycles. The minimum atomic E-state index is -0.310. The van der Waals surface area contributed by atoms with Crippen LogP contribution in [0.1, 0.15) is 135 Å². The largest absolute Gasteiger partial charge is 0.493 e. The van der Waals surface area contributed by atoms with Crippen LogP contribution in [0.4, 0.5) is 4.79 Å². The van der Waals surface area contributed by atoms with Crippen LogP contribution in [-0.2, 0) is 16.0 Å². The van der Waals surface area contributed by atoms with Gasteiger partial charge in [-0.15, -0.1) is 0 Å². The van der Waals surface area contributed by atoms with Crippen LogP contribution in [0.15, 0.2) is 24.3 Å². The first-order chi connectivity index (χ1) is 19.8. The molecule has 232 valence electrons. The van der Waals surface area contributed by atoms with E-state index in [-0.39, 0.29) is 21.5 Å². The fourth-order valence-corrected chi connectivity index (χ4v) is 6.93. The van der Waals surface area contributed by atoms with Crippen molar-refractivity contribution >= 4 is 39.8 Å². The summed E-state index contributed by atoms with van der Waals surface area (Å²) in [7, 11) is 0. The van der Waals surface area contributed by atoms with Gasteiger partial charge in [0.25, 0.3) is 5.24 Å². The van der Waals surface area contributed by atoms with Crippen molar-refractivity contribution in [2.24, 2.45) is 5.41 Å². The third kappa shape index (κ3) is 16.7. The maximum atomic E-state index is 11.6. The van der Waals surface area contributed by atoms with Gasteiger partial charge >= 0.3 is 0 Å². The molecule has 1 aromatic rings. The lowest BCUT2D eigenvalue weighted by Gasteiger charge is -2.33. The van der Waals surface area contributed by atoms with Crippen LogP contribution in [0.5, 0.6) is 5.75 Å². The maximum absolute atomic E-state index is 11.6. The standard InChI is InChI=1S/C18H23NO3S.C16H32OS/c1-18(9-3-2-4-10-18)12-22-14-7-5-13(6-8-14)11-15-16(20)19-17(21)23-15;1-3-4-5-6-7-8-9-10-11-12-13-14-15-18-16(2)17/h5-8,15H,2-4,9-12H2,1H3,(H,19,20,21);3-15H2,1-2H3. The second kappa shape index (κ2) is 21.3. The van der Waals surface area contributed by atoms with Crippen LogP contribution < -0.4 is 10.1 Å². The molecule has 2 amide bonds. The van der Waals surface area contributed by atoms with E-state index in [0.29, 0.717) is 11.8 Å².